The molecule has 3 aromatic rings. The summed E-state index contributed by atoms with van der Waals surface area (Å²) in [5.74, 6) is 0.974. The molecule has 4 nitrogen and oxygen atoms in total. The van der Waals surface area contributed by atoms with Gasteiger partial charge >= 0.3 is 0 Å². The minimum absolute atomic E-state index is 0.209. The van der Waals surface area contributed by atoms with E-state index in [0.29, 0.717) is 6.54 Å². The normalized spacial score (nSPS) is 18.0. The number of para-hydroxylation sites is 2. The highest BCUT2D eigenvalue weighted by molar-refractivity contribution is 5.79. The van der Waals surface area contributed by atoms with E-state index >= 15 is 0 Å². The number of hydrogen-bond donors (Lipinski definition) is 1. The van der Waals surface area contributed by atoms with Crippen LogP contribution in [0.2, 0.25) is 0 Å². The lowest BCUT2D eigenvalue weighted by Crippen LogP contribution is -2.38. The first kappa shape index (κ1) is 16.1. The van der Waals surface area contributed by atoms with Crippen LogP contribution in [0.15, 0.2) is 48.5 Å². The van der Waals surface area contributed by atoms with Crippen LogP contribution >= 0.6 is 0 Å². The second kappa shape index (κ2) is 6.84. The zero-order valence-electron chi connectivity index (χ0n) is 14.1. The Balaban J connectivity index is 1.75. The van der Waals surface area contributed by atoms with Crippen molar-refractivity contribution in [2.45, 2.75) is 19.4 Å². The lowest BCUT2D eigenvalue weighted by Gasteiger charge is -2.33. The molecule has 0 amide bonds. The molecule has 0 radical (unpaired) electrons. The molecule has 1 N–H and O–H groups in total. The van der Waals surface area contributed by atoms with Crippen molar-refractivity contribution in [2.75, 3.05) is 24.6 Å². The second-order valence-corrected chi connectivity index (χ2v) is 6.75. The van der Waals surface area contributed by atoms with Gasteiger partial charge in [-0.05, 0) is 48.6 Å². The summed E-state index contributed by atoms with van der Waals surface area (Å²) in [4.78, 5) is 7.09. The lowest BCUT2D eigenvalue weighted by atomic mass is 9.99. The van der Waals surface area contributed by atoms with Crippen LogP contribution in [0.4, 0.5) is 10.3 Å². The number of imidazole rings is 1. The maximum absolute atomic E-state index is 13.6. The van der Waals surface area contributed by atoms with E-state index in [0.717, 1.165) is 48.5 Å². The van der Waals surface area contributed by atoms with E-state index < -0.39 is 0 Å². The largest absolute Gasteiger partial charge is 0.396 e. The van der Waals surface area contributed by atoms with E-state index in [9.17, 15) is 9.50 Å². The molecule has 0 saturated carbocycles. The smallest absolute Gasteiger partial charge is 0.206 e. The number of rotatable bonds is 4. The van der Waals surface area contributed by atoms with Crippen molar-refractivity contribution in [3.63, 3.8) is 0 Å². The molecule has 0 spiro atoms. The molecule has 1 aliphatic rings. The fourth-order valence-corrected chi connectivity index (χ4v) is 3.67. The zero-order chi connectivity index (χ0) is 17.2. The summed E-state index contributed by atoms with van der Waals surface area (Å²) in [6, 6.07) is 14.8. The van der Waals surface area contributed by atoms with Gasteiger partial charge in [0, 0.05) is 19.7 Å². The highest BCUT2D eigenvalue weighted by Gasteiger charge is 2.24. The number of halogens is 1. The van der Waals surface area contributed by atoms with Gasteiger partial charge in [-0.3, -0.25) is 0 Å². The van der Waals surface area contributed by atoms with Gasteiger partial charge in [0.25, 0.3) is 0 Å². The van der Waals surface area contributed by atoms with E-state index in [-0.39, 0.29) is 18.3 Å². The van der Waals surface area contributed by atoms with Crippen molar-refractivity contribution in [3.8, 4) is 0 Å². The Kier molecular flexibility index (Phi) is 4.40. The topological polar surface area (TPSA) is 41.3 Å². The number of piperidine rings is 1. The highest BCUT2D eigenvalue weighted by Crippen LogP contribution is 2.27. The van der Waals surface area contributed by atoms with Crippen molar-refractivity contribution in [1.29, 1.82) is 0 Å². The van der Waals surface area contributed by atoms with Crippen LogP contribution in [-0.4, -0.2) is 34.4 Å². The molecule has 1 fully saturated rings. The Morgan fingerprint density at radius 2 is 2.04 bits per heavy atom. The van der Waals surface area contributed by atoms with Crippen molar-refractivity contribution in [1.82, 2.24) is 9.55 Å². The minimum Gasteiger partial charge on any atom is -0.396 e. The molecular weight excluding hydrogens is 317 g/mol. The molecule has 1 atom stereocenters. The van der Waals surface area contributed by atoms with Crippen LogP contribution in [0.5, 0.6) is 0 Å². The number of aliphatic hydroxyl groups excluding tert-OH is 1. The first-order valence-electron chi connectivity index (χ1n) is 8.80. The maximum atomic E-state index is 13.6. The van der Waals surface area contributed by atoms with Gasteiger partial charge in [0.05, 0.1) is 17.6 Å². The number of nitrogens with zero attached hydrogens (tertiary/aromatic N) is 3. The SMILES string of the molecule is OCC1CCCN(c2nc3ccccc3n2Cc2cccc(F)c2)C1. The monoisotopic (exact) mass is 339 g/mol. The molecule has 4 rings (SSSR count). The average molecular weight is 339 g/mol. The maximum Gasteiger partial charge on any atom is 0.206 e. The third-order valence-corrected chi connectivity index (χ3v) is 4.92. The third-order valence-electron chi connectivity index (χ3n) is 4.92. The van der Waals surface area contributed by atoms with Crippen LogP contribution in [0.25, 0.3) is 11.0 Å². The van der Waals surface area contributed by atoms with Gasteiger partial charge in [-0.15, -0.1) is 0 Å². The Hall–Kier alpha value is -2.40. The number of benzene rings is 2. The van der Waals surface area contributed by atoms with Crippen LogP contribution < -0.4 is 4.90 Å². The number of aromatic nitrogens is 2. The van der Waals surface area contributed by atoms with E-state index in [1.54, 1.807) is 12.1 Å². The second-order valence-electron chi connectivity index (χ2n) is 6.75. The van der Waals surface area contributed by atoms with Crippen LogP contribution in [0.1, 0.15) is 18.4 Å². The molecular formula is C20H22FN3O. The summed E-state index contributed by atoms with van der Waals surface area (Å²) in [5, 5.41) is 9.53. The Morgan fingerprint density at radius 1 is 1.16 bits per heavy atom. The Bertz CT molecular complexity index is 876. The van der Waals surface area contributed by atoms with Crippen LogP contribution in [0.3, 0.4) is 0 Å². The standard InChI is InChI=1S/C20H22FN3O/c21-17-7-3-5-15(11-17)13-24-19-9-2-1-8-18(19)22-20(24)23-10-4-6-16(12-23)14-25/h1-3,5,7-9,11,16,25H,4,6,10,12-14H2. The van der Waals surface area contributed by atoms with E-state index in [1.165, 1.54) is 6.07 Å². The number of fused-ring (bicyclic) bond motifs is 1. The van der Waals surface area contributed by atoms with Crippen LogP contribution in [-0.2, 0) is 6.54 Å². The number of anilines is 1. The zero-order valence-corrected chi connectivity index (χ0v) is 14.1. The van der Waals surface area contributed by atoms with Crippen molar-refractivity contribution in [3.05, 3.63) is 59.9 Å². The third kappa shape index (κ3) is 3.24. The quantitative estimate of drug-likeness (QED) is 0.792. The van der Waals surface area contributed by atoms with Gasteiger partial charge in [-0.2, -0.15) is 0 Å². The highest BCUT2D eigenvalue weighted by atomic mass is 19.1. The first-order valence-corrected chi connectivity index (χ1v) is 8.80. The molecule has 130 valence electrons. The molecule has 0 bridgehead atoms. The summed E-state index contributed by atoms with van der Waals surface area (Å²) in [6.07, 6.45) is 2.10. The van der Waals surface area contributed by atoms with E-state index in [4.69, 9.17) is 4.98 Å². The molecule has 2 aromatic carbocycles. The van der Waals surface area contributed by atoms with Gasteiger partial charge < -0.3 is 14.6 Å². The van der Waals surface area contributed by atoms with Gasteiger partial charge in [-0.1, -0.05) is 24.3 Å². The molecule has 1 aromatic heterocycles. The van der Waals surface area contributed by atoms with Gasteiger partial charge in [0.2, 0.25) is 5.95 Å². The molecule has 0 aliphatic carbocycles. The van der Waals surface area contributed by atoms with Gasteiger partial charge in [0.1, 0.15) is 5.82 Å². The van der Waals surface area contributed by atoms with Crippen molar-refractivity contribution >= 4 is 17.0 Å². The summed E-state index contributed by atoms with van der Waals surface area (Å²) < 4.78 is 15.8. The number of hydrogen-bond acceptors (Lipinski definition) is 3. The summed E-state index contributed by atoms with van der Waals surface area (Å²) in [6.45, 7) is 2.53. The van der Waals surface area contributed by atoms with Crippen LogP contribution in [0, 0.1) is 11.7 Å². The molecule has 1 aliphatic heterocycles. The van der Waals surface area contributed by atoms with E-state index in [1.807, 2.05) is 24.3 Å². The molecule has 5 heteroatoms. The van der Waals surface area contributed by atoms with E-state index in [2.05, 4.69) is 15.5 Å². The fraction of sp³-hybridized carbons (Fsp3) is 0.350. The van der Waals surface area contributed by atoms with Crippen molar-refractivity contribution in [2.24, 2.45) is 5.92 Å². The molecule has 1 saturated heterocycles. The Morgan fingerprint density at radius 3 is 2.88 bits per heavy atom. The number of aliphatic hydroxyl groups is 1. The van der Waals surface area contributed by atoms with Gasteiger partial charge in [0.15, 0.2) is 0 Å². The predicted octanol–water partition coefficient (Wildman–Crippen LogP) is 3.43. The summed E-state index contributed by atoms with van der Waals surface area (Å²) >= 11 is 0. The van der Waals surface area contributed by atoms with Gasteiger partial charge in [-0.25, -0.2) is 9.37 Å². The fourth-order valence-electron chi connectivity index (χ4n) is 3.67. The first-order chi connectivity index (χ1) is 12.2. The molecule has 2 heterocycles. The molecule has 1 unspecified atom stereocenters. The minimum atomic E-state index is -0.221. The summed E-state index contributed by atoms with van der Waals surface area (Å²) in [7, 11) is 0. The predicted molar refractivity (Wildman–Crippen MR) is 97.3 cm³/mol. The van der Waals surface area contributed by atoms with Crippen molar-refractivity contribution < 1.29 is 9.50 Å². The summed E-state index contributed by atoms with van der Waals surface area (Å²) in [5.41, 5.74) is 2.91. The average Bonchev–Trinajstić information content (AvgIpc) is 3.00. The Labute approximate surface area is 146 Å². The molecule has 25 heavy (non-hydrogen) atoms. The lowest BCUT2D eigenvalue weighted by molar-refractivity contribution is 0.208.